The average Bonchev–Trinajstić information content (AvgIpc) is 2.92. The van der Waals surface area contributed by atoms with E-state index in [0.717, 1.165) is 23.5 Å². The molecule has 146 valence electrons. The van der Waals surface area contributed by atoms with Crippen LogP contribution in [0.2, 0.25) is 0 Å². The van der Waals surface area contributed by atoms with E-state index in [1.807, 2.05) is 36.4 Å². The molecule has 0 aliphatic carbocycles. The average molecular weight is 414 g/mol. The monoisotopic (exact) mass is 413 g/mol. The van der Waals surface area contributed by atoms with Crippen LogP contribution in [-0.4, -0.2) is 35.4 Å². The molecule has 6 heteroatoms. The summed E-state index contributed by atoms with van der Waals surface area (Å²) >= 11 is 6.47. The zero-order chi connectivity index (χ0) is 20.1. The minimum absolute atomic E-state index is 0.0564. The molecule has 4 nitrogen and oxygen atoms in total. The zero-order valence-corrected chi connectivity index (χ0v) is 17.9. The summed E-state index contributed by atoms with van der Waals surface area (Å²) in [5.74, 6) is 1.63. The fourth-order valence-electron chi connectivity index (χ4n) is 2.60. The molecule has 1 fully saturated rings. The first kappa shape index (κ1) is 20.4. The van der Waals surface area contributed by atoms with Gasteiger partial charge in [0.25, 0.3) is 5.91 Å². The largest absolute Gasteiger partial charge is 0.493 e. The summed E-state index contributed by atoms with van der Waals surface area (Å²) in [5, 5.41) is 0. The van der Waals surface area contributed by atoms with Gasteiger partial charge in [0.2, 0.25) is 0 Å². The van der Waals surface area contributed by atoms with Gasteiger partial charge in [0, 0.05) is 13.5 Å². The number of nitrogens with zero attached hydrogens (tertiary/aromatic N) is 1. The quantitative estimate of drug-likeness (QED) is 0.364. The number of likely N-dealkylation sites (N-methyl/N-ethyl adjacent to an activating group) is 1. The van der Waals surface area contributed by atoms with Crippen LogP contribution in [0.15, 0.2) is 47.4 Å². The molecular weight excluding hydrogens is 390 g/mol. The van der Waals surface area contributed by atoms with Crippen molar-refractivity contribution < 1.29 is 14.3 Å². The minimum atomic E-state index is -0.0564. The first-order valence-electron chi connectivity index (χ1n) is 9.08. The number of carbonyl (C=O) groups is 1. The smallest absolute Gasteiger partial charge is 0.265 e. The van der Waals surface area contributed by atoms with Crippen molar-refractivity contribution in [1.82, 2.24) is 4.90 Å². The van der Waals surface area contributed by atoms with Crippen molar-refractivity contribution in [1.29, 1.82) is 0 Å². The predicted molar refractivity (Wildman–Crippen MR) is 119 cm³/mol. The molecule has 0 unspecified atom stereocenters. The van der Waals surface area contributed by atoms with Crippen LogP contribution in [0.3, 0.4) is 0 Å². The number of aryl methyl sites for hydroxylation is 2. The summed E-state index contributed by atoms with van der Waals surface area (Å²) in [4.78, 5) is 14.2. The van der Waals surface area contributed by atoms with Crippen LogP contribution >= 0.6 is 24.0 Å². The van der Waals surface area contributed by atoms with Gasteiger partial charge in [-0.2, -0.15) is 0 Å². The van der Waals surface area contributed by atoms with Gasteiger partial charge in [-0.3, -0.25) is 9.69 Å². The Morgan fingerprint density at radius 3 is 2.25 bits per heavy atom. The number of hydrogen-bond donors (Lipinski definition) is 0. The number of amides is 1. The zero-order valence-electron chi connectivity index (χ0n) is 16.2. The standard InChI is InChI=1S/C22H23NO3S2/c1-15-5-8-19(13-16(15)2)26-12-4-11-25-18-9-6-17(7-10-18)14-20-21(24)23(3)22(27)28-20/h5-10,13-14H,4,11-12H2,1-3H3/b20-14-. The van der Waals surface area contributed by atoms with Crippen molar-refractivity contribution in [2.24, 2.45) is 0 Å². The summed E-state index contributed by atoms with van der Waals surface area (Å²) in [6.07, 6.45) is 2.65. The lowest BCUT2D eigenvalue weighted by Crippen LogP contribution is -2.22. The van der Waals surface area contributed by atoms with Crippen molar-refractivity contribution in [3.63, 3.8) is 0 Å². The predicted octanol–water partition coefficient (Wildman–Crippen LogP) is 4.98. The Morgan fingerprint density at radius 2 is 1.64 bits per heavy atom. The number of ether oxygens (including phenoxy) is 2. The highest BCUT2D eigenvalue weighted by Crippen LogP contribution is 2.31. The SMILES string of the molecule is Cc1ccc(OCCCOc2ccc(/C=C3\SC(=S)N(C)C3=O)cc2)cc1C. The van der Waals surface area contributed by atoms with E-state index >= 15 is 0 Å². The molecule has 0 radical (unpaired) electrons. The fraction of sp³-hybridized carbons (Fsp3) is 0.273. The van der Waals surface area contributed by atoms with Gasteiger partial charge in [0.1, 0.15) is 15.8 Å². The van der Waals surface area contributed by atoms with E-state index in [9.17, 15) is 4.79 Å². The van der Waals surface area contributed by atoms with Gasteiger partial charge >= 0.3 is 0 Å². The summed E-state index contributed by atoms with van der Waals surface area (Å²) < 4.78 is 12.1. The van der Waals surface area contributed by atoms with E-state index in [1.165, 1.54) is 27.8 Å². The third-order valence-electron chi connectivity index (χ3n) is 4.47. The van der Waals surface area contributed by atoms with Crippen molar-refractivity contribution in [3.05, 3.63) is 64.1 Å². The molecule has 1 aliphatic rings. The molecule has 28 heavy (non-hydrogen) atoms. The van der Waals surface area contributed by atoms with E-state index in [4.69, 9.17) is 21.7 Å². The Hall–Kier alpha value is -2.31. The van der Waals surface area contributed by atoms with E-state index in [0.29, 0.717) is 22.4 Å². The molecule has 1 saturated heterocycles. The number of hydrogen-bond acceptors (Lipinski definition) is 5. The lowest BCUT2D eigenvalue weighted by atomic mass is 10.1. The molecule has 0 N–H and O–H groups in total. The number of benzene rings is 2. The van der Waals surface area contributed by atoms with Gasteiger partial charge < -0.3 is 9.47 Å². The Morgan fingerprint density at radius 1 is 1.00 bits per heavy atom. The van der Waals surface area contributed by atoms with Crippen molar-refractivity contribution in [3.8, 4) is 11.5 Å². The normalized spacial score (nSPS) is 15.4. The van der Waals surface area contributed by atoms with Gasteiger partial charge in [0.05, 0.1) is 18.1 Å². The van der Waals surface area contributed by atoms with Crippen LogP contribution in [0.25, 0.3) is 6.08 Å². The van der Waals surface area contributed by atoms with Crippen LogP contribution in [0.1, 0.15) is 23.1 Å². The lowest BCUT2D eigenvalue weighted by molar-refractivity contribution is -0.121. The number of thioether (sulfide) groups is 1. The summed E-state index contributed by atoms with van der Waals surface area (Å²) in [6, 6.07) is 13.8. The Balaban J connectivity index is 1.44. The van der Waals surface area contributed by atoms with Gasteiger partial charge in [-0.1, -0.05) is 42.2 Å². The lowest BCUT2D eigenvalue weighted by Gasteiger charge is -2.09. The van der Waals surface area contributed by atoms with Crippen molar-refractivity contribution >= 4 is 40.3 Å². The topological polar surface area (TPSA) is 38.8 Å². The molecule has 2 aromatic carbocycles. The highest BCUT2D eigenvalue weighted by atomic mass is 32.2. The molecule has 2 aromatic rings. The number of rotatable bonds is 7. The summed E-state index contributed by atoms with van der Waals surface area (Å²) in [6.45, 7) is 5.36. The Kier molecular flexibility index (Phi) is 6.75. The second-order valence-corrected chi connectivity index (χ2v) is 8.28. The first-order chi connectivity index (χ1) is 13.4. The molecule has 0 spiro atoms. The maximum Gasteiger partial charge on any atom is 0.265 e. The minimum Gasteiger partial charge on any atom is -0.493 e. The third kappa shape index (κ3) is 5.14. The molecule has 1 heterocycles. The van der Waals surface area contributed by atoms with E-state index in [-0.39, 0.29) is 5.91 Å². The summed E-state index contributed by atoms with van der Waals surface area (Å²) in [5.41, 5.74) is 3.44. The maximum atomic E-state index is 12.0. The molecular formula is C22H23NO3S2. The molecule has 0 saturated carbocycles. The van der Waals surface area contributed by atoms with Gasteiger partial charge in [-0.25, -0.2) is 0 Å². The second-order valence-electron chi connectivity index (χ2n) is 6.61. The third-order valence-corrected chi connectivity index (χ3v) is 5.95. The molecule has 0 bridgehead atoms. The number of carbonyl (C=O) groups excluding carboxylic acids is 1. The van der Waals surface area contributed by atoms with E-state index in [2.05, 4.69) is 26.0 Å². The van der Waals surface area contributed by atoms with Crippen LogP contribution in [0.4, 0.5) is 0 Å². The Labute approximate surface area is 175 Å². The van der Waals surface area contributed by atoms with Gasteiger partial charge in [-0.15, -0.1) is 0 Å². The summed E-state index contributed by atoms with van der Waals surface area (Å²) in [7, 11) is 1.69. The van der Waals surface area contributed by atoms with Gasteiger partial charge in [0.15, 0.2) is 0 Å². The van der Waals surface area contributed by atoms with E-state index in [1.54, 1.807) is 7.05 Å². The van der Waals surface area contributed by atoms with Gasteiger partial charge in [-0.05, 0) is 60.9 Å². The molecule has 1 amide bonds. The second kappa shape index (κ2) is 9.26. The molecule has 0 aromatic heterocycles. The van der Waals surface area contributed by atoms with Crippen LogP contribution in [-0.2, 0) is 4.79 Å². The highest BCUT2D eigenvalue weighted by molar-refractivity contribution is 8.26. The van der Waals surface area contributed by atoms with Crippen LogP contribution in [0, 0.1) is 13.8 Å². The highest BCUT2D eigenvalue weighted by Gasteiger charge is 2.28. The molecule has 1 aliphatic heterocycles. The van der Waals surface area contributed by atoms with E-state index < -0.39 is 0 Å². The van der Waals surface area contributed by atoms with Crippen LogP contribution < -0.4 is 9.47 Å². The van der Waals surface area contributed by atoms with Crippen molar-refractivity contribution in [2.75, 3.05) is 20.3 Å². The van der Waals surface area contributed by atoms with Crippen LogP contribution in [0.5, 0.6) is 11.5 Å². The Bertz CT molecular complexity index is 906. The molecule has 0 atom stereocenters. The number of thiocarbonyl (C=S) groups is 1. The first-order valence-corrected chi connectivity index (χ1v) is 10.3. The maximum absolute atomic E-state index is 12.0. The van der Waals surface area contributed by atoms with Crippen molar-refractivity contribution in [2.45, 2.75) is 20.3 Å². The molecule has 3 rings (SSSR count). The fourth-order valence-corrected chi connectivity index (χ4v) is 3.78.